The van der Waals surface area contributed by atoms with Gasteiger partial charge in [0.1, 0.15) is 0 Å². The molecule has 0 bridgehead atoms. The van der Waals surface area contributed by atoms with E-state index in [1.54, 1.807) is 0 Å². The maximum Gasteiger partial charge on any atom is 0.0744 e. The fourth-order valence-electron chi connectivity index (χ4n) is 2.50. The van der Waals surface area contributed by atoms with Gasteiger partial charge in [-0.2, -0.15) is 0 Å². The molecule has 1 heteroatoms. The predicted molar refractivity (Wildman–Crippen MR) is 81.3 cm³/mol. The Morgan fingerprint density at radius 1 is 0.947 bits per heavy atom. The fraction of sp³-hybridized carbons (Fsp3) is 0.167. The summed E-state index contributed by atoms with van der Waals surface area (Å²) in [5.41, 5.74) is 6.02. The number of aromatic nitrogens is 1. The Kier molecular flexibility index (Phi) is 3.04. The summed E-state index contributed by atoms with van der Waals surface area (Å²) in [6.07, 6.45) is 1.00. The van der Waals surface area contributed by atoms with Gasteiger partial charge in [0.05, 0.1) is 11.2 Å². The van der Waals surface area contributed by atoms with Crippen molar-refractivity contribution in [2.45, 2.75) is 20.3 Å². The van der Waals surface area contributed by atoms with E-state index < -0.39 is 0 Å². The number of rotatable bonds is 2. The average molecular weight is 247 g/mol. The first-order valence-corrected chi connectivity index (χ1v) is 6.74. The summed E-state index contributed by atoms with van der Waals surface area (Å²) in [7, 11) is 0. The third-order valence-corrected chi connectivity index (χ3v) is 3.58. The minimum atomic E-state index is 1.00. The van der Waals surface area contributed by atoms with Crippen LogP contribution in [0.25, 0.3) is 22.2 Å². The van der Waals surface area contributed by atoms with Crippen LogP contribution in [0.2, 0.25) is 0 Å². The van der Waals surface area contributed by atoms with Crippen molar-refractivity contribution in [1.82, 2.24) is 4.98 Å². The van der Waals surface area contributed by atoms with Crippen LogP contribution in [-0.4, -0.2) is 4.98 Å². The van der Waals surface area contributed by atoms with Gasteiger partial charge in [0, 0.05) is 10.9 Å². The van der Waals surface area contributed by atoms with Crippen LogP contribution in [0.5, 0.6) is 0 Å². The van der Waals surface area contributed by atoms with Gasteiger partial charge in [0.25, 0.3) is 0 Å². The van der Waals surface area contributed by atoms with E-state index in [1.807, 2.05) is 6.07 Å². The summed E-state index contributed by atoms with van der Waals surface area (Å²) in [5.74, 6) is 0. The average Bonchev–Trinajstić information content (AvgIpc) is 2.46. The van der Waals surface area contributed by atoms with Crippen LogP contribution in [0.3, 0.4) is 0 Å². The Bertz CT molecular complexity index is 729. The van der Waals surface area contributed by atoms with Gasteiger partial charge in [-0.15, -0.1) is 0 Å². The van der Waals surface area contributed by atoms with E-state index in [4.69, 9.17) is 4.98 Å². The standard InChI is InChI=1S/C18H17N/c1-3-14-12-15-9-5-7-11-17(15)19-18(14)16-10-6-4-8-13(16)2/h4-12H,3H2,1-2H3. The lowest BCUT2D eigenvalue weighted by Gasteiger charge is -2.11. The third-order valence-electron chi connectivity index (χ3n) is 3.58. The second kappa shape index (κ2) is 4.85. The van der Waals surface area contributed by atoms with Crippen LogP contribution >= 0.6 is 0 Å². The van der Waals surface area contributed by atoms with E-state index in [9.17, 15) is 0 Å². The van der Waals surface area contributed by atoms with E-state index >= 15 is 0 Å². The first-order valence-electron chi connectivity index (χ1n) is 6.74. The smallest absolute Gasteiger partial charge is 0.0744 e. The van der Waals surface area contributed by atoms with Crippen molar-refractivity contribution in [3.8, 4) is 11.3 Å². The number of nitrogens with zero attached hydrogens (tertiary/aromatic N) is 1. The molecule has 0 N–H and O–H groups in total. The summed E-state index contributed by atoms with van der Waals surface area (Å²) in [5, 5.41) is 1.22. The molecule has 0 aliphatic heterocycles. The Labute approximate surface area is 113 Å². The van der Waals surface area contributed by atoms with Crippen molar-refractivity contribution < 1.29 is 0 Å². The van der Waals surface area contributed by atoms with Crippen molar-refractivity contribution in [3.63, 3.8) is 0 Å². The molecule has 0 spiro atoms. The highest BCUT2D eigenvalue weighted by Gasteiger charge is 2.09. The molecule has 0 amide bonds. The van der Waals surface area contributed by atoms with Crippen molar-refractivity contribution in [2.75, 3.05) is 0 Å². The fourth-order valence-corrected chi connectivity index (χ4v) is 2.50. The van der Waals surface area contributed by atoms with Gasteiger partial charge in [-0.25, -0.2) is 4.98 Å². The molecule has 1 nitrogen and oxygen atoms in total. The number of hydrogen-bond donors (Lipinski definition) is 0. The van der Waals surface area contributed by atoms with Gasteiger partial charge < -0.3 is 0 Å². The van der Waals surface area contributed by atoms with Gasteiger partial charge in [-0.05, 0) is 36.6 Å². The molecule has 3 aromatic rings. The highest BCUT2D eigenvalue weighted by molar-refractivity contribution is 5.83. The molecular formula is C18H17N. The minimum absolute atomic E-state index is 1.00. The van der Waals surface area contributed by atoms with Crippen molar-refractivity contribution in [1.29, 1.82) is 0 Å². The third kappa shape index (κ3) is 2.12. The molecule has 3 rings (SSSR count). The van der Waals surface area contributed by atoms with Crippen LogP contribution in [0.4, 0.5) is 0 Å². The molecule has 0 atom stereocenters. The molecule has 0 radical (unpaired) electrons. The molecular weight excluding hydrogens is 230 g/mol. The SMILES string of the molecule is CCc1cc2ccccc2nc1-c1ccccc1C. The first kappa shape index (κ1) is 11.9. The van der Waals surface area contributed by atoms with E-state index in [-0.39, 0.29) is 0 Å². The topological polar surface area (TPSA) is 12.9 Å². The van der Waals surface area contributed by atoms with E-state index in [2.05, 4.69) is 62.4 Å². The molecule has 94 valence electrons. The molecule has 0 aliphatic carbocycles. The zero-order valence-electron chi connectivity index (χ0n) is 11.4. The van der Waals surface area contributed by atoms with Crippen molar-refractivity contribution in [3.05, 3.63) is 65.7 Å². The van der Waals surface area contributed by atoms with Crippen LogP contribution in [0.1, 0.15) is 18.1 Å². The quantitative estimate of drug-likeness (QED) is 0.635. The number of hydrogen-bond acceptors (Lipinski definition) is 1. The molecule has 2 aromatic carbocycles. The van der Waals surface area contributed by atoms with Crippen LogP contribution in [0.15, 0.2) is 54.6 Å². The van der Waals surface area contributed by atoms with E-state index in [0.29, 0.717) is 0 Å². The maximum absolute atomic E-state index is 4.88. The number of pyridine rings is 1. The lowest BCUT2D eigenvalue weighted by atomic mass is 9.98. The number of fused-ring (bicyclic) bond motifs is 1. The second-order valence-corrected chi connectivity index (χ2v) is 4.86. The summed E-state index contributed by atoms with van der Waals surface area (Å²) in [6.45, 7) is 4.33. The number of para-hydroxylation sites is 1. The lowest BCUT2D eigenvalue weighted by Crippen LogP contribution is -1.95. The van der Waals surface area contributed by atoms with Gasteiger partial charge in [0.2, 0.25) is 0 Å². The lowest BCUT2D eigenvalue weighted by molar-refractivity contribution is 1.12. The summed E-state index contributed by atoms with van der Waals surface area (Å²) >= 11 is 0. The van der Waals surface area contributed by atoms with Gasteiger partial charge >= 0.3 is 0 Å². The number of aryl methyl sites for hydroxylation is 2. The molecule has 0 saturated carbocycles. The maximum atomic E-state index is 4.88. The summed E-state index contributed by atoms with van der Waals surface area (Å²) < 4.78 is 0. The highest BCUT2D eigenvalue weighted by Crippen LogP contribution is 2.28. The second-order valence-electron chi connectivity index (χ2n) is 4.86. The molecule has 0 saturated heterocycles. The molecule has 0 unspecified atom stereocenters. The monoisotopic (exact) mass is 247 g/mol. The summed E-state index contributed by atoms with van der Waals surface area (Å²) in [4.78, 5) is 4.88. The Morgan fingerprint density at radius 2 is 1.68 bits per heavy atom. The normalized spacial score (nSPS) is 10.8. The molecule has 0 aliphatic rings. The predicted octanol–water partition coefficient (Wildman–Crippen LogP) is 4.77. The van der Waals surface area contributed by atoms with Crippen LogP contribution in [0, 0.1) is 6.92 Å². The zero-order valence-corrected chi connectivity index (χ0v) is 11.4. The first-order chi connectivity index (χ1) is 9.29. The van der Waals surface area contributed by atoms with Crippen molar-refractivity contribution >= 4 is 10.9 Å². The zero-order chi connectivity index (χ0) is 13.2. The highest BCUT2D eigenvalue weighted by atomic mass is 14.7. The Hall–Kier alpha value is -2.15. The molecule has 1 aromatic heterocycles. The molecule has 0 fully saturated rings. The molecule has 19 heavy (non-hydrogen) atoms. The van der Waals surface area contributed by atoms with Crippen LogP contribution < -0.4 is 0 Å². The van der Waals surface area contributed by atoms with Crippen molar-refractivity contribution in [2.24, 2.45) is 0 Å². The number of benzene rings is 2. The van der Waals surface area contributed by atoms with Gasteiger partial charge in [-0.1, -0.05) is 49.4 Å². The van der Waals surface area contributed by atoms with Gasteiger partial charge in [-0.3, -0.25) is 0 Å². The van der Waals surface area contributed by atoms with Crippen LogP contribution in [-0.2, 0) is 6.42 Å². The van der Waals surface area contributed by atoms with E-state index in [0.717, 1.165) is 17.6 Å². The Morgan fingerprint density at radius 3 is 2.47 bits per heavy atom. The Balaban J connectivity index is 2.31. The summed E-state index contributed by atoms with van der Waals surface area (Å²) in [6, 6.07) is 19.0. The van der Waals surface area contributed by atoms with Gasteiger partial charge in [0.15, 0.2) is 0 Å². The largest absolute Gasteiger partial charge is 0.247 e. The minimum Gasteiger partial charge on any atom is -0.247 e. The molecule has 1 heterocycles. The van der Waals surface area contributed by atoms with E-state index in [1.165, 1.54) is 22.1 Å².